The number of hydrogen-bond acceptors (Lipinski definition) is 4. The van der Waals surface area contributed by atoms with Crippen molar-refractivity contribution in [3.05, 3.63) is 16.1 Å². The smallest absolute Gasteiger partial charge is 0.0897 e. The van der Waals surface area contributed by atoms with Crippen LogP contribution in [-0.4, -0.2) is 22.0 Å². The van der Waals surface area contributed by atoms with Gasteiger partial charge in [0, 0.05) is 29.0 Å². The third kappa shape index (κ3) is 6.17. The molecule has 0 radical (unpaired) electrons. The van der Waals surface area contributed by atoms with E-state index in [2.05, 4.69) is 36.5 Å². The molecule has 0 bridgehead atoms. The van der Waals surface area contributed by atoms with Gasteiger partial charge in [-0.3, -0.25) is 0 Å². The normalized spacial score (nSPS) is 12.0. The molecule has 15 heavy (non-hydrogen) atoms. The van der Waals surface area contributed by atoms with Gasteiger partial charge in [-0.05, 0) is 6.92 Å². The summed E-state index contributed by atoms with van der Waals surface area (Å²) >= 11 is 3.71. The van der Waals surface area contributed by atoms with E-state index in [1.165, 1.54) is 5.69 Å². The van der Waals surface area contributed by atoms with Gasteiger partial charge in [0.25, 0.3) is 0 Å². The summed E-state index contributed by atoms with van der Waals surface area (Å²) in [5.41, 5.74) is 1.17. The molecular weight excluding hydrogens is 224 g/mol. The van der Waals surface area contributed by atoms with Crippen LogP contribution in [0.4, 0.5) is 0 Å². The third-order valence-electron chi connectivity index (χ3n) is 1.79. The summed E-state index contributed by atoms with van der Waals surface area (Å²) in [5, 5.41) is 6.68. The Morgan fingerprint density at radius 3 is 2.73 bits per heavy atom. The lowest BCUT2D eigenvalue weighted by molar-refractivity contribution is 0.713. The number of hydrogen-bond donors (Lipinski definition) is 1. The van der Waals surface area contributed by atoms with Gasteiger partial charge in [0.05, 0.1) is 10.7 Å². The summed E-state index contributed by atoms with van der Waals surface area (Å²) < 4.78 is 0.374. The number of aryl methyl sites for hydroxylation is 1. The molecule has 86 valence electrons. The maximum atomic E-state index is 4.41. The summed E-state index contributed by atoms with van der Waals surface area (Å²) in [6.07, 6.45) is 0. The molecule has 1 aromatic rings. The minimum atomic E-state index is 0.374. The average molecular weight is 244 g/mol. The van der Waals surface area contributed by atoms with Crippen molar-refractivity contribution in [3.63, 3.8) is 0 Å². The van der Waals surface area contributed by atoms with Crippen molar-refractivity contribution in [2.75, 3.05) is 12.3 Å². The third-order valence-corrected chi connectivity index (χ3v) is 3.88. The van der Waals surface area contributed by atoms with E-state index in [-0.39, 0.29) is 0 Å². The molecule has 4 heteroatoms. The van der Waals surface area contributed by atoms with E-state index in [9.17, 15) is 0 Å². The second kappa shape index (κ2) is 5.87. The van der Waals surface area contributed by atoms with Gasteiger partial charge < -0.3 is 5.32 Å². The average Bonchev–Trinajstić information content (AvgIpc) is 2.49. The first-order valence-electron chi connectivity index (χ1n) is 5.23. The van der Waals surface area contributed by atoms with Crippen LogP contribution in [0.3, 0.4) is 0 Å². The number of rotatable bonds is 5. The van der Waals surface area contributed by atoms with Gasteiger partial charge in [0.2, 0.25) is 0 Å². The van der Waals surface area contributed by atoms with E-state index in [4.69, 9.17) is 0 Å². The Morgan fingerprint density at radius 1 is 1.47 bits per heavy atom. The van der Waals surface area contributed by atoms with Gasteiger partial charge in [-0.25, -0.2) is 4.98 Å². The topological polar surface area (TPSA) is 24.9 Å². The molecule has 0 saturated carbocycles. The molecule has 0 spiro atoms. The van der Waals surface area contributed by atoms with Crippen molar-refractivity contribution in [1.29, 1.82) is 0 Å². The van der Waals surface area contributed by atoms with Crippen LogP contribution >= 0.6 is 23.1 Å². The molecule has 1 N–H and O–H groups in total. The first kappa shape index (κ1) is 13.0. The highest BCUT2D eigenvalue weighted by atomic mass is 32.2. The number of nitrogens with zero attached hydrogens (tertiary/aromatic N) is 1. The van der Waals surface area contributed by atoms with Crippen LogP contribution in [0.15, 0.2) is 5.38 Å². The summed E-state index contributed by atoms with van der Waals surface area (Å²) in [5.74, 6) is 1.16. The maximum absolute atomic E-state index is 4.41. The number of nitrogens with one attached hydrogen (secondary N) is 1. The van der Waals surface area contributed by atoms with E-state index in [1.807, 2.05) is 18.7 Å². The predicted octanol–water partition coefficient (Wildman–Crippen LogP) is 3.07. The van der Waals surface area contributed by atoms with Crippen LogP contribution in [0.5, 0.6) is 0 Å². The summed E-state index contributed by atoms with van der Waals surface area (Å²) in [6, 6.07) is 0. The van der Waals surface area contributed by atoms with Crippen molar-refractivity contribution >= 4 is 23.1 Å². The van der Waals surface area contributed by atoms with Gasteiger partial charge in [0.1, 0.15) is 0 Å². The molecule has 0 unspecified atom stereocenters. The van der Waals surface area contributed by atoms with Crippen LogP contribution in [-0.2, 0) is 6.54 Å². The predicted molar refractivity (Wildman–Crippen MR) is 70.8 cm³/mol. The fourth-order valence-corrected chi connectivity index (χ4v) is 2.61. The molecule has 0 aromatic carbocycles. The van der Waals surface area contributed by atoms with E-state index in [0.717, 1.165) is 23.8 Å². The SMILES string of the molecule is Cc1nc(CNCCSC(C)(C)C)cs1. The Morgan fingerprint density at radius 2 is 2.20 bits per heavy atom. The molecule has 1 rings (SSSR count). The number of thioether (sulfide) groups is 1. The van der Waals surface area contributed by atoms with Crippen LogP contribution in [0.1, 0.15) is 31.5 Å². The van der Waals surface area contributed by atoms with E-state index in [1.54, 1.807) is 11.3 Å². The molecule has 0 aliphatic heterocycles. The lowest BCUT2D eigenvalue weighted by Gasteiger charge is -2.17. The Labute approximate surface area is 101 Å². The molecule has 2 nitrogen and oxygen atoms in total. The maximum Gasteiger partial charge on any atom is 0.0897 e. The van der Waals surface area contributed by atoms with Crippen LogP contribution in [0, 0.1) is 6.92 Å². The van der Waals surface area contributed by atoms with Crippen LogP contribution < -0.4 is 5.32 Å². The second-order valence-corrected chi connectivity index (χ2v) is 7.48. The molecule has 0 amide bonds. The van der Waals surface area contributed by atoms with E-state index in [0.29, 0.717) is 4.75 Å². The standard InChI is InChI=1S/C11H20N2S2/c1-9-13-10(8-14-9)7-12-5-6-15-11(2,3)4/h8,12H,5-7H2,1-4H3. The molecule has 0 aliphatic rings. The number of thiazole rings is 1. The molecular formula is C11H20N2S2. The van der Waals surface area contributed by atoms with E-state index >= 15 is 0 Å². The van der Waals surface area contributed by atoms with Crippen LogP contribution in [0.25, 0.3) is 0 Å². The summed E-state index contributed by atoms with van der Waals surface area (Å²) in [7, 11) is 0. The lowest BCUT2D eigenvalue weighted by Crippen LogP contribution is -2.19. The first-order chi connectivity index (χ1) is 6.97. The largest absolute Gasteiger partial charge is 0.310 e. The summed E-state index contributed by atoms with van der Waals surface area (Å²) in [4.78, 5) is 4.41. The monoisotopic (exact) mass is 244 g/mol. The van der Waals surface area contributed by atoms with Gasteiger partial charge in [0.15, 0.2) is 0 Å². The van der Waals surface area contributed by atoms with Gasteiger partial charge >= 0.3 is 0 Å². The second-order valence-electron chi connectivity index (χ2n) is 4.50. The van der Waals surface area contributed by atoms with Gasteiger partial charge in [-0.2, -0.15) is 11.8 Å². The first-order valence-corrected chi connectivity index (χ1v) is 7.09. The van der Waals surface area contributed by atoms with E-state index < -0.39 is 0 Å². The molecule has 1 heterocycles. The summed E-state index contributed by atoms with van der Waals surface area (Å²) in [6.45, 7) is 10.8. The number of aromatic nitrogens is 1. The molecule has 0 saturated heterocycles. The van der Waals surface area contributed by atoms with Crippen molar-refractivity contribution < 1.29 is 0 Å². The fraction of sp³-hybridized carbons (Fsp3) is 0.727. The van der Waals surface area contributed by atoms with Crippen LogP contribution in [0.2, 0.25) is 0 Å². The fourth-order valence-electron chi connectivity index (χ4n) is 1.14. The highest BCUT2D eigenvalue weighted by molar-refractivity contribution is 8.00. The van der Waals surface area contributed by atoms with Crippen molar-refractivity contribution in [2.24, 2.45) is 0 Å². The highest BCUT2D eigenvalue weighted by Crippen LogP contribution is 2.22. The zero-order valence-electron chi connectivity index (χ0n) is 9.96. The zero-order chi connectivity index (χ0) is 11.3. The quantitative estimate of drug-likeness (QED) is 0.806. The van der Waals surface area contributed by atoms with Gasteiger partial charge in [-0.15, -0.1) is 11.3 Å². The van der Waals surface area contributed by atoms with Gasteiger partial charge in [-0.1, -0.05) is 20.8 Å². The lowest BCUT2D eigenvalue weighted by atomic mass is 10.3. The molecule has 1 aromatic heterocycles. The highest BCUT2D eigenvalue weighted by Gasteiger charge is 2.09. The molecule has 0 atom stereocenters. The Bertz CT molecular complexity index is 289. The van der Waals surface area contributed by atoms with Crippen molar-refractivity contribution in [1.82, 2.24) is 10.3 Å². The zero-order valence-corrected chi connectivity index (χ0v) is 11.6. The Hall–Kier alpha value is -0.0600. The Balaban J connectivity index is 2.07. The van der Waals surface area contributed by atoms with Crippen molar-refractivity contribution in [3.8, 4) is 0 Å². The minimum Gasteiger partial charge on any atom is -0.310 e. The molecule has 0 fully saturated rings. The van der Waals surface area contributed by atoms with Crippen molar-refractivity contribution in [2.45, 2.75) is 39.0 Å². The minimum absolute atomic E-state index is 0.374. The Kier molecular flexibility index (Phi) is 5.09. The molecule has 0 aliphatic carbocycles.